The molecule has 0 spiro atoms. The molecule has 0 aliphatic heterocycles. The summed E-state index contributed by atoms with van der Waals surface area (Å²) in [7, 11) is 0. The van der Waals surface area contributed by atoms with Gasteiger partial charge in [-0.05, 0) is 86.3 Å². The molecule has 7 nitrogen and oxygen atoms in total. The molecule has 4 rings (SSSR count). The molecule has 182 valence electrons. The minimum absolute atomic E-state index is 0.0654. The number of amides is 1. The van der Waals surface area contributed by atoms with Crippen molar-refractivity contribution in [2.24, 2.45) is 0 Å². The lowest BCUT2D eigenvalue weighted by molar-refractivity contribution is -0.118. The third kappa shape index (κ3) is 5.62. The van der Waals surface area contributed by atoms with Gasteiger partial charge < -0.3 is 15.0 Å². The summed E-state index contributed by atoms with van der Waals surface area (Å²) in [5.74, 6) is 0.904. The third-order valence-electron chi connectivity index (χ3n) is 6.13. The molecule has 1 heterocycles. The van der Waals surface area contributed by atoms with Crippen LogP contribution < -0.4 is 15.0 Å². The highest BCUT2D eigenvalue weighted by atomic mass is 16.5. The standard InChI is InChI=1S/C28H33N5O2/c1-6-32(7-2)22-10-12-23(13-11-22)33-30-26-16-20(5)25(17-27(26)31-33)29-28(34)18-35-24-14-8-21(9-15-24)19(3)4/h8-17,19H,6-7,18H2,1-5H3,(H,29,34). The van der Waals surface area contributed by atoms with E-state index in [1.807, 2.05) is 55.5 Å². The van der Waals surface area contributed by atoms with Crippen LogP contribution in [0.4, 0.5) is 11.4 Å². The lowest BCUT2D eigenvalue weighted by Gasteiger charge is -2.20. The first-order chi connectivity index (χ1) is 16.9. The monoisotopic (exact) mass is 471 g/mol. The Labute approximate surface area is 206 Å². The topological polar surface area (TPSA) is 72.3 Å². The highest BCUT2D eigenvalue weighted by Gasteiger charge is 2.12. The Bertz CT molecular complexity index is 1290. The van der Waals surface area contributed by atoms with Gasteiger partial charge in [0.1, 0.15) is 16.8 Å². The first-order valence-electron chi connectivity index (χ1n) is 12.1. The zero-order valence-electron chi connectivity index (χ0n) is 21.1. The van der Waals surface area contributed by atoms with Crippen molar-refractivity contribution in [1.82, 2.24) is 15.0 Å². The lowest BCUT2D eigenvalue weighted by atomic mass is 10.0. The number of hydrogen-bond acceptors (Lipinski definition) is 5. The van der Waals surface area contributed by atoms with E-state index in [0.717, 1.165) is 29.9 Å². The molecule has 1 aromatic heterocycles. The smallest absolute Gasteiger partial charge is 0.262 e. The van der Waals surface area contributed by atoms with Gasteiger partial charge in [0.25, 0.3) is 5.91 Å². The molecule has 1 amide bonds. The molecule has 35 heavy (non-hydrogen) atoms. The Hall–Kier alpha value is -3.87. The first-order valence-corrected chi connectivity index (χ1v) is 12.1. The summed E-state index contributed by atoms with van der Waals surface area (Å²) in [4.78, 5) is 16.5. The van der Waals surface area contributed by atoms with Crippen LogP contribution in [0.5, 0.6) is 5.75 Å². The lowest BCUT2D eigenvalue weighted by Crippen LogP contribution is -2.21. The van der Waals surface area contributed by atoms with Crippen LogP contribution in [0.25, 0.3) is 16.7 Å². The van der Waals surface area contributed by atoms with Crippen molar-refractivity contribution in [2.45, 2.75) is 40.5 Å². The number of ether oxygens (including phenoxy) is 1. The van der Waals surface area contributed by atoms with Gasteiger partial charge in [0.2, 0.25) is 0 Å². The van der Waals surface area contributed by atoms with E-state index in [9.17, 15) is 4.79 Å². The number of anilines is 2. The van der Waals surface area contributed by atoms with Crippen LogP contribution in [0.2, 0.25) is 0 Å². The van der Waals surface area contributed by atoms with Crippen LogP contribution in [0.15, 0.2) is 60.7 Å². The van der Waals surface area contributed by atoms with Crippen LogP contribution in [0.1, 0.15) is 44.7 Å². The van der Waals surface area contributed by atoms with Crippen molar-refractivity contribution in [1.29, 1.82) is 0 Å². The van der Waals surface area contributed by atoms with E-state index in [-0.39, 0.29) is 12.5 Å². The van der Waals surface area contributed by atoms with Crippen molar-refractivity contribution in [3.8, 4) is 11.4 Å². The second-order valence-electron chi connectivity index (χ2n) is 8.89. The number of nitrogens with zero attached hydrogens (tertiary/aromatic N) is 4. The molecule has 3 aromatic carbocycles. The summed E-state index contributed by atoms with van der Waals surface area (Å²) in [6, 6.07) is 19.8. The SMILES string of the molecule is CCN(CC)c1ccc(-n2nc3cc(C)c(NC(=O)COc4ccc(C(C)C)cc4)cc3n2)cc1. The summed E-state index contributed by atoms with van der Waals surface area (Å²) in [5.41, 5.74) is 6.39. The minimum Gasteiger partial charge on any atom is -0.484 e. The van der Waals surface area contributed by atoms with Crippen LogP contribution in [0.3, 0.4) is 0 Å². The Morgan fingerprint density at radius 2 is 1.60 bits per heavy atom. The summed E-state index contributed by atoms with van der Waals surface area (Å²) in [6.07, 6.45) is 0. The van der Waals surface area contributed by atoms with E-state index in [4.69, 9.17) is 4.74 Å². The number of hydrogen-bond donors (Lipinski definition) is 1. The number of fused-ring (bicyclic) bond motifs is 1. The molecule has 0 atom stereocenters. The predicted molar refractivity (Wildman–Crippen MR) is 142 cm³/mol. The fourth-order valence-electron chi connectivity index (χ4n) is 3.99. The molecule has 0 aliphatic rings. The van der Waals surface area contributed by atoms with Crippen LogP contribution in [-0.4, -0.2) is 40.6 Å². The molecule has 0 saturated carbocycles. The summed E-state index contributed by atoms with van der Waals surface area (Å²) < 4.78 is 5.66. The molecule has 0 aliphatic carbocycles. The van der Waals surface area contributed by atoms with Gasteiger partial charge in [-0.3, -0.25) is 4.79 Å². The maximum Gasteiger partial charge on any atom is 0.262 e. The number of aryl methyl sites for hydroxylation is 1. The highest BCUT2D eigenvalue weighted by molar-refractivity contribution is 5.95. The fourth-order valence-corrected chi connectivity index (χ4v) is 3.99. The van der Waals surface area contributed by atoms with Gasteiger partial charge in [-0.25, -0.2) is 0 Å². The van der Waals surface area contributed by atoms with Gasteiger partial charge in [0, 0.05) is 24.5 Å². The molecule has 0 fully saturated rings. The molecule has 0 radical (unpaired) electrons. The Morgan fingerprint density at radius 1 is 0.971 bits per heavy atom. The van der Waals surface area contributed by atoms with E-state index in [1.54, 1.807) is 4.80 Å². The largest absolute Gasteiger partial charge is 0.484 e. The maximum absolute atomic E-state index is 12.5. The van der Waals surface area contributed by atoms with Crippen molar-refractivity contribution in [3.63, 3.8) is 0 Å². The number of aromatic nitrogens is 3. The fraction of sp³-hybridized carbons (Fsp3) is 0.321. The number of rotatable bonds is 9. The van der Waals surface area contributed by atoms with Crippen LogP contribution in [0, 0.1) is 6.92 Å². The Morgan fingerprint density at radius 3 is 2.20 bits per heavy atom. The highest BCUT2D eigenvalue weighted by Crippen LogP contribution is 2.24. The van der Waals surface area contributed by atoms with Gasteiger partial charge in [-0.15, -0.1) is 10.2 Å². The summed E-state index contributed by atoms with van der Waals surface area (Å²) in [6.45, 7) is 12.4. The van der Waals surface area contributed by atoms with Gasteiger partial charge in [0.15, 0.2) is 6.61 Å². The second-order valence-corrected chi connectivity index (χ2v) is 8.89. The van der Waals surface area contributed by atoms with Gasteiger partial charge in [-0.1, -0.05) is 26.0 Å². The number of carbonyl (C=O) groups is 1. The maximum atomic E-state index is 12.5. The zero-order valence-corrected chi connectivity index (χ0v) is 21.1. The van der Waals surface area contributed by atoms with E-state index in [0.29, 0.717) is 22.9 Å². The zero-order chi connectivity index (χ0) is 24.9. The van der Waals surface area contributed by atoms with Crippen LogP contribution in [-0.2, 0) is 4.79 Å². The quantitative estimate of drug-likeness (QED) is 0.338. The van der Waals surface area contributed by atoms with E-state index in [1.165, 1.54) is 11.3 Å². The van der Waals surface area contributed by atoms with Crippen LogP contribution >= 0.6 is 0 Å². The molecular formula is C28H33N5O2. The van der Waals surface area contributed by atoms with Gasteiger partial charge in [0.05, 0.1) is 5.69 Å². The van der Waals surface area contributed by atoms with Crippen molar-refractivity contribution in [3.05, 3.63) is 71.8 Å². The molecule has 1 N–H and O–H groups in total. The molecular weight excluding hydrogens is 438 g/mol. The average molecular weight is 472 g/mol. The molecule has 0 bridgehead atoms. The summed E-state index contributed by atoms with van der Waals surface area (Å²) >= 11 is 0. The van der Waals surface area contributed by atoms with Gasteiger partial charge in [-0.2, -0.15) is 4.80 Å². The Balaban J connectivity index is 1.44. The van der Waals surface area contributed by atoms with Crippen molar-refractivity contribution < 1.29 is 9.53 Å². The Kier molecular flexibility index (Phi) is 7.34. The molecule has 0 unspecified atom stereocenters. The third-order valence-corrected chi connectivity index (χ3v) is 6.13. The van der Waals surface area contributed by atoms with E-state index in [2.05, 4.69) is 60.2 Å². The average Bonchev–Trinajstić information content (AvgIpc) is 3.27. The minimum atomic E-state index is -0.222. The van der Waals surface area contributed by atoms with Crippen molar-refractivity contribution in [2.75, 3.05) is 29.9 Å². The number of nitrogens with one attached hydrogen (secondary N) is 1. The summed E-state index contributed by atoms with van der Waals surface area (Å²) in [5, 5.41) is 12.2. The molecule has 4 aromatic rings. The van der Waals surface area contributed by atoms with Gasteiger partial charge >= 0.3 is 0 Å². The molecule has 0 saturated heterocycles. The predicted octanol–water partition coefficient (Wildman–Crippen LogP) is 5.72. The molecule has 7 heteroatoms. The normalized spacial score (nSPS) is 11.1. The number of carbonyl (C=O) groups excluding carboxylic acids is 1. The van der Waals surface area contributed by atoms with E-state index >= 15 is 0 Å². The first kappa shape index (κ1) is 24.3. The second kappa shape index (κ2) is 10.6. The van der Waals surface area contributed by atoms with Crippen molar-refractivity contribution >= 4 is 28.3 Å². The number of benzene rings is 3. The van der Waals surface area contributed by atoms with E-state index < -0.39 is 0 Å².